The molecule has 0 bridgehead atoms. The quantitative estimate of drug-likeness (QED) is 0.387. The summed E-state index contributed by atoms with van der Waals surface area (Å²) in [6.45, 7) is 4.07. The minimum atomic E-state index is -3.81. The number of benzene rings is 2. The van der Waals surface area contributed by atoms with E-state index in [-0.39, 0.29) is 11.8 Å². The fourth-order valence-electron chi connectivity index (χ4n) is 3.28. The molecule has 10 heteroatoms. The van der Waals surface area contributed by atoms with Crippen LogP contribution in [0.2, 0.25) is 0 Å². The number of aromatic nitrogens is 4. The number of amides is 1. The predicted molar refractivity (Wildman–Crippen MR) is 117 cm³/mol. The van der Waals surface area contributed by atoms with Crippen molar-refractivity contribution in [3.63, 3.8) is 0 Å². The van der Waals surface area contributed by atoms with Crippen molar-refractivity contribution < 1.29 is 18.3 Å². The molecule has 0 saturated carbocycles. The van der Waals surface area contributed by atoms with Gasteiger partial charge in [-0.05, 0) is 62.4 Å². The van der Waals surface area contributed by atoms with Crippen LogP contribution in [0.3, 0.4) is 0 Å². The Bertz CT molecular complexity index is 1260. The lowest BCUT2D eigenvalue weighted by atomic mass is 10.0. The third kappa shape index (κ3) is 4.67. The summed E-state index contributed by atoms with van der Waals surface area (Å²) in [5, 5.41) is 10.9. The Morgan fingerprint density at radius 2 is 1.94 bits per heavy atom. The van der Waals surface area contributed by atoms with E-state index >= 15 is 0 Å². The Morgan fingerprint density at radius 1 is 1.19 bits per heavy atom. The Balaban J connectivity index is 1.68. The maximum Gasteiger partial charge on any atom is 0.487 e. The number of imidazole rings is 1. The second-order valence-electron chi connectivity index (χ2n) is 7.27. The van der Waals surface area contributed by atoms with Gasteiger partial charge in [0.15, 0.2) is 0 Å². The van der Waals surface area contributed by atoms with Gasteiger partial charge in [-0.3, -0.25) is 4.79 Å². The fourth-order valence-corrected chi connectivity index (χ4v) is 3.37. The van der Waals surface area contributed by atoms with Gasteiger partial charge in [-0.15, -0.1) is 8.78 Å². The summed E-state index contributed by atoms with van der Waals surface area (Å²) in [5.74, 6) is -0.527. The zero-order chi connectivity index (χ0) is 22.9. The molecule has 2 aromatic carbocycles. The van der Waals surface area contributed by atoms with Gasteiger partial charge in [-0.25, -0.2) is 4.98 Å². The summed E-state index contributed by atoms with van der Waals surface area (Å²) in [7, 11) is 0. The first kappa shape index (κ1) is 21.6. The Kier molecular flexibility index (Phi) is 5.75. The lowest BCUT2D eigenvalue weighted by Crippen LogP contribution is -2.16. The average Bonchev–Trinajstić information content (AvgIpc) is 3.18. The molecular formula is C22H18ClF2N5O2. The SMILES string of the molecule is CC(C)n1cnc2cc(C(=O)Nc3ccc(OC(F)(F)Cl)cc3)cc(-c3cccnn3)c21. The number of rotatable bonds is 6. The van der Waals surface area contributed by atoms with Crippen molar-refractivity contribution >= 4 is 34.2 Å². The highest BCUT2D eigenvalue weighted by Crippen LogP contribution is 2.31. The highest BCUT2D eigenvalue weighted by Gasteiger charge is 2.27. The van der Waals surface area contributed by atoms with Crippen molar-refractivity contribution in [3.05, 3.63) is 66.6 Å². The van der Waals surface area contributed by atoms with Crippen LogP contribution in [0.4, 0.5) is 14.5 Å². The highest BCUT2D eigenvalue weighted by atomic mass is 35.5. The zero-order valence-corrected chi connectivity index (χ0v) is 17.8. The topological polar surface area (TPSA) is 81.9 Å². The first-order valence-corrected chi connectivity index (χ1v) is 10.0. The number of nitrogens with one attached hydrogen (secondary N) is 1. The van der Waals surface area contributed by atoms with Gasteiger partial charge in [0.1, 0.15) is 5.75 Å². The van der Waals surface area contributed by atoms with Crippen LogP contribution < -0.4 is 10.1 Å². The number of fused-ring (bicyclic) bond motifs is 1. The predicted octanol–water partition coefficient (Wildman–Crippen LogP) is 5.49. The minimum Gasteiger partial charge on any atom is -0.420 e. The Labute approximate surface area is 187 Å². The van der Waals surface area contributed by atoms with Crippen LogP contribution in [0.25, 0.3) is 22.3 Å². The Morgan fingerprint density at radius 3 is 2.56 bits per heavy atom. The number of carbonyl (C=O) groups is 1. The lowest BCUT2D eigenvalue weighted by molar-refractivity contribution is -0.0964. The molecule has 1 N–H and O–H groups in total. The molecule has 0 aliphatic heterocycles. The molecule has 7 nitrogen and oxygen atoms in total. The standard InChI is InChI=1S/C22H18ClF2N5O2/c1-13(2)30-12-26-19-11-14(10-17(20(19)30)18-4-3-9-27-29-18)21(31)28-15-5-7-16(8-6-15)32-22(23,24)25/h3-13H,1-2H3,(H,28,31). The molecule has 0 radical (unpaired) electrons. The van der Waals surface area contributed by atoms with E-state index in [4.69, 9.17) is 11.6 Å². The molecule has 0 aliphatic carbocycles. The van der Waals surface area contributed by atoms with E-state index in [2.05, 4.69) is 25.2 Å². The second-order valence-corrected chi connectivity index (χ2v) is 7.71. The number of hydrogen-bond acceptors (Lipinski definition) is 5. The number of nitrogens with zero attached hydrogens (tertiary/aromatic N) is 4. The first-order chi connectivity index (χ1) is 15.2. The summed E-state index contributed by atoms with van der Waals surface area (Å²) < 4.78 is 31.8. The van der Waals surface area contributed by atoms with Gasteiger partial charge in [0.05, 0.1) is 23.1 Å². The van der Waals surface area contributed by atoms with Gasteiger partial charge < -0.3 is 14.6 Å². The lowest BCUT2D eigenvalue weighted by Gasteiger charge is -2.13. The van der Waals surface area contributed by atoms with Crippen molar-refractivity contribution in [2.45, 2.75) is 25.5 Å². The molecule has 2 aromatic heterocycles. The molecular weight excluding hydrogens is 440 g/mol. The van der Waals surface area contributed by atoms with Crippen LogP contribution in [0.5, 0.6) is 5.75 Å². The van der Waals surface area contributed by atoms with Crippen LogP contribution in [-0.2, 0) is 0 Å². The summed E-state index contributed by atoms with van der Waals surface area (Å²) >= 11 is 4.76. The molecule has 0 unspecified atom stereocenters. The number of alkyl halides is 3. The molecule has 0 atom stereocenters. The molecule has 1 amide bonds. The molecule has 4 rings (SSSR count). The number of halogens is 3. The van der Waals surface area contributed by atoms with E-state index in [0.717, 1.165) is 11.1 Å². The second kappa shape index (κ2) is 8.51. The van der Waals surface area contributed by atoms with Gasteiger partial charge in [0, 0.05) is 40.7 Å². The summed E-state index contributed by atoms with van der Waals surface area (Å²) in [5.41, 5.74) is -0.233. The molecule has 0 fully saturated rings. The maximum absolute atomic E-state index is 12.9. The minimum absolute atomic E-state index is 0.131. The van der Waals surface area contributed by atoms with E-state index in [0.29, 0.717) is 22.5 Å². The number of ether oxygens (including phenoxy) is 1. The fraction of sp³-hybridized carbons (Fsp3) is 0.182. The van der Waals surface area contributed by atoms with E-state index < -0.39 is 11.5 Å². The number of carbonyl (C=O) groups excluding carboxylic acids is 1. The average molecular weight is 458 g/mol. The van der Waals surface area contributed by atoms with Gasteiger partial charge in [-0.1, -0.05) is 0 Å². The highest BCUT2D eigenvalue weighted by molar-refractivity contribution is 6.20. The number of anilines is 1. The first-order valence-electron chi connectivity index (χ1n) is 9.67. The van der Waals surface area contributed by atoms with Crippen molar-refractivity contribution in [1.82, 2.24) is 19.7 Å². The monoisotopic (exact) mass is 457 g/mol. The third-order valence-electron chi connectivity index (χ3n) is 4.68. The van der Waals surface area contributed by atoms with Gasteiger partial charge in [0.25, 0.3) is 5.91 Å². The van der Waals surface area contributed by atoms with Gasteiger partial charge in [0.2, 0.25) is 0 Å². The number of hydrogen-bond donors (Lipinski definition) is 1. The molecule has 164 valence electrons. The van der Waals surface area contributed by atoms with Crippen molar-refractivity contribution in [2.24, 2.45) is 0 Å². The van der Waals surface area contributed by atoms with Crippen molar-refractivity contribution in [2.75, 3.05) is 5.32 Å². The summed E-state index contributed by atoms with van der Waals surface area (Å²) in [6, 6.07) is 12.6. The van der Waals surface area contributed by atoms with Crippen molar-refractivity contribution in [3.8, 4) is 17.0 Å². The van der Waals surface area contributed by atoms with E-state index in [1.54, 1.807) is 30.7 Å². The molecule has 32 heavy (non-hydrogen) atoms. The van der Waals surface area contributed by atoms with Gasteiger partial charge >= 0.3 is 5.57 Å². The zero-order valence-electron chi connectivity index (χ0n) is 17.1. The van der Waals surface area contributed by atoms with E-state index in [1.165, 1.54) is 24.3 Å². The van der Waals surface area contributed by atoms with Crippen LogP contribution in [0, 0.1) is 0 Å². The summed E-state index contributed by atoms with van der Waals surface area (Å²) in [4.78, 5) is 17.4. The molecule has 0 saturated heterocycles. The van der Waals surface area contributed by atoms with Crippen LogP contribution in [0.1, 0.15) is 30.2 Å². The smallest absolute Gasteiger partial charge is 0.420 e. The Hall–Kier alpha value is -3.59. The van der Waals surface area contributed by atoms with E-state index in [9.17, 15) is 13.6 Å². The largest absolute Gasteiger partial charge is 0.487 e. The van der Waals surface area contributed by atoms with Gasteiger partial charge in [-0.2, -0.15) is 10.2 Å². The van der Waals surface area contributed by atoms with Crippen molar-refractivity contribution in [1.29, 1.82) is 0 Å². The summed E-state index contributed by atoms with van der Waals surface area (Å²) in [6.07, 6.45) is 3.30. The molecule has 0 spiro atoms. The van der Waals surface area contributed by atoms with Crippen LogP contribution in [0.15, 0.2) is 61.1 Å². The molecule has 2 heterocycles. The molecule has 4 aromatic rings. The van der Waals surface area contributed by atoms with Crippen LogP contribution >= 0.6 is 11.6 Å². The third-order valence-corrected chi connectivity index (χ3v) is 4.76. The van der Waals surface area contributed by atoms with E-state index in [1.807, 2.05) is 24.5 Å². The normalized spacial score (nSPS) is 11.7. The molecule has 0 aliphatic rings. The van der Waals surface area contributed by atoms with Crippen LogP contribution in [-0.4, -0.2) is 31.2 Å². The maximum atomic E-state index is 12.9.